The molecule has 6 heteroatoms. The van der Waals surface area contributed by atoms with Crippen LogP contribution < -0.4 is 14.8 Å². The van der Waals surface area contributed by atoms with Crippen LogP contribution in [0.15, 0.2) is 48.5 Å². The lowest BCUT2D eigenvalue weighted by Gasteiger charge is -2.10. The van der Waals surface area contributed by atoms with Gasteiger partial charge in [-0.15, -0.1) is 5.92 Å². The number of benzene rings is 2. The van der Waals surface area contributed by atoms with Gasteiger partial charge in [-0.2, -0.15) is 5.10 Å². The van der Waals surface area contributed by atoms with E-state index in [9.17, 15) is 4.79 Å². The number of ether oxygens (including phenoxy) is 2. The summed E-state index contributed by atoms with van der Waals surface area (Å²) in [6.45, 7) is 2.70. The number of nitrogens with zero attached hydrogens (tertiary/aromatic N) is 2. The Morgan fingerprint density at radius 1 is 1.28 bits per heavy atom. The summed E-state index contributed by atoms with van der Waals surface area (Å²) in [5.41, 5.74) is 4.48. The van der Waals surface area contributed by atoms with Crippen LogP contribution in [-0.2, 0) is 17.9 Å². The number of aromatic nitrogens is 2. The van der Waals surface area contributed by atoms with Gasteiger partial charge < -0.3 is 14.8 Å². The maximum absolute atomic E-state index is 11.9. The fourth-order valence-electron chi connectivity index (χ4n) is 3.28. The molecule has 0 fully saturated rings. The van der Waals surface area contributed by atoms with Crippen LogP contribution in [0.2, 0.25) is 0 Å². The van der Waals surface area contributed by atoms with E-state index in [0.29, 0.717) is 18.8 Å². The Kier molecular flexibility index (Phi) is 5.21. The predicted octanol–water partition coefficient (Wildman–Crippen LogP) is 3.85. The molecule has 0 atom stereocenters. The molecule has 6 nitrogen and oxygen atoms in total. The first-order valence-electron chi connectivity index (χ1n) is 9.33. The summed E-state index contributed by atoms with van der Waals surface area (Å²) in [5.74, 6) is 6.88. The molecule has 4 rings (SSSR count). The van der Waals surface area contributed by atoms with Crippen molar-refractivity contribution in [2.45, 2.75) is 26.5 Å². The Bertz CT molecular complexity index is 1120. The number of hydrogen-bond acceptors (Lipinski definition) is 4. The number of anilines is 1. The van der Waals surface area contributed by atoms with Crippen molar-refractivity contribution in [1.82, 2.24) is 9.78 Å². The molecule has 2 aromatic carbocycles. The Hall–Kier alpha value is -3.72. The highest BCUT2D eigenvalue weighted by Crippen LogP contribution is 2.32. The van der Waals surface area contributed by atoms with Crippen molar-refractivity contribution < 1.29 is 14.3 Å². The van der Waals surface area contributed by atoms with E-state index < -0.39 is 0 Å². The molecule has 0 radical (unpaired) electrons. The maximum atomic E-state index is 11.9. The number of methoxy groups -OCH3 is 1. The minimum atomic E-state index is -0.137. The first-order chi connectivity index (χ1) is 14.2. The van der Waals surface area contributed by atoms with Crippen LogP contribution in [0.25, 0.3) is 11.3 Å². The van der Waals surface area contributed by atoms with Crippen LogP contribution in [0.4, 0.5) is 5.69 Å². The molecule has 1 amide bonds. The van der Waals surface area contributed by atoms with Crippen molar-refractivity contribution in [1.29, 1.82) is 0 Å². The van der Waals surface area contributed by atoms with E-state index in [1.807, 2.05) is 53.2 Å². The van der Waals surface area contributed by atoms with Crippen molar-refractivity contribution in [3.63, 3.8) is 0 Å². The Morgan fingerprint density at radius 2 is 2.14 bits per heavy atom. The summed E-state index contributed by atoms with van der Waals surface area (Å²) in [6.07, 6.45) is 0.176. The van der Waals surface area contributed by atoms with Crippen LogP contribution in [0.3, 0.4) is 0 Å². The Morgan fingerprint density at radius 3 is 2.97 bits per heavy atom. The van der Waals surface area contributed by atoms with E-state index in [0.717, 1.165) is 34.0 Å². The van der Waals surface area contributed by atoms with E-state index in [4.69, 9.17) is 14.6 Å². The van der Waals surface area contributed by atoms with Crippen molar-refractivity contribution in [3.8, 4) is 34.6 Å². The van der Waals surface area contributed by atoms with Crippen LogP contribution in [0, 0.1) is 11.8 Å². The number of amides is 1. The molecular formula is C23H21N3O3. The van der Waals surface area contributed by atoms with Gasteiger partial charge in [-0.3, -0.25) is 9.48 Å². The summed E-state index contributed by atoms with van der Waals surface area (Å²) >= 11 is 0. The fraction of sp³-hybridized carbons (Fsp3) is 0.217. The molecule has 3 aromatic rings. The standard InChI is InChI=1S/C23H21N3O3/c1-3-4-9-23(27)24-17-11-10-16-14-26-18(15-29-22(16)12-17)13-20(25-26)19-7-5-6-8-21(19)28-2/h5-8,10-13H,9,14-15H2,1-2H3,(H,24,27). The van der Waals surface area contributed by atoms with Gasteiger partial charge in [-0.05, 0) is 31.2 Å². The molecule has 1 aliphatic rings. The molecule has 2 heterocycles. The molecule has 0 spiro atoms. The Balaban J connectivity index is 1.57. The average Bonchev–Trinajstić information content (AvgIpc) is 3.06. The summed E-state index contributed by atoms with van der Waals surface area (Å²) in [7, 11) is 1.66. The third kappa shape index (κ3) is 3.94. The highest BCUT2D eigenvalue weighted by Gasteiger charge is 2.19. The van der Waals surface area contributed by atoms with Crippen LogP contribution in [0.5, 0.6) is 11.5 Å². The van der Waals surface area contributed by atoms with Gasteiger partial charge in [0.25, 0.3) is 0 Å². The summed E-state index contributed by atoms with van der Waals surface area (Å²) in [5, 5.41) is 7.61. The largest absolute Gasteiger partial charge is 0.496 e. The predicted molar refractivity (Wildman–Crippen MR) is 111 cm³/mol. The number of carbonyl (C=O) groups is 1. The number of para-hydroxylation sites is 1. The van der Waals surface area contributed by atoms with Crippen molar-refractivity contribution in [3.05, 3.63) is 59.8 Å². The summed E-state index contributed by atoms with van der Waals surface area (Å²) < 4.78 is 13.4. The van der Waals surface area contributed by atoms with Crippen LogP contribution >= 0.6 is 0 Å². The van der Waals surface area contributed by atoms with E-state index in [1.165, 1.54) is 0 Å². The fourth-order valence-corrected chi connectivity index (χ4v) is 3.28. The van der Waals surface area contributed by atoms with Gasteiger partial charge in [0, 0.05) is 22.9 Å². The third-order valence-electron chi connectivity index (χ3n) is 4.72. The number of nitrogens with one attached hydrogen (secondary N) is 1. The zero-order chi connectivity index (χ0) is 20.2. The highest BCUT2D eigenvalue weighted by atomic mass is 16.5. The number of rotatable bonds is 4. The molecule has 1 aromatic heterocycles. The molecule has 146 valence electrons. The Labute approximate surface area is 169 Å². The van der Waals surface area contributed by atoms with Gasteiger partial charge in [0.15, 0.2) is 0 Å². The van der Waals surface area contributed by atoms with Crippen molar-refractivity contribution >= 4 is 11.6 Å². The SMILES string of the molecule is CC#CCC(=O)Nc1ccc2c(c1)OCc1cc(-c3ccccc3OC)nn1C2. The molecule has 0 unspecified atom stereocenters. The molecular weight excluding hydrogens is 366 g/mol. The number of carbonyl (C=O) groups excluding carboxylic acids is 1. The van der Waals surface area contributed by atoms with E-state index in [-0.39, 0.29) is 12.3 Å². The number of hydrogen-bond donors (Lipinski definition) is 1. The van der Waals surface area contributed by atoms with Crippen molar-refractivity contribution in [2.75, 3.05) is 12.4 Å². The van der Waals surface area contributed by atoms with E-state index in [2.05, 4.69) is 17.2 Å². The second-order valence-corrected chi connectivity index (χ2v) is 6.64. The third-order valence-corrected chi connectivity index (χ3v) is 4.72. The monoisotopic (exact) mass is 387 g/mol. The van der Waals surface area contributed by atoms with Gasteiger partial charge in [0.05, 0.1) is 31.5 Å². The first kappa shape index (κ1) is 18.6. The zero-order valence-corrected chi connectivity index (χ0v) is 16.4. The average molecular weight is 387 g/mol. The molecule has 0 aliphatic carbocycles. The molecule has 0 saturated heterocycles. The summed E-state index contributed by atoms with van der Waals surface area (Å²) in [4.78, 5) is 11.9. The second-order valence-electron chi connectivity index (χ2n) is 6.64. The molecule has 1 N–H and O–H groups in total. The summed E-state index contributed by atoms with van der Waals surface area (Å²) in [6, 6.07) is 15.5. The smallest absolute Gasteiger partial charge is 0.236 e. The normalized spacial score (nSPS) is 11.8. The van der Waals surface area contributed by atoms with Crippen LogP contribution in [0.1, 0.15) is 24.6 Å². The minimum absolute atomic E-state index is 0.137. The lowest BCUT2D eigenvalue weighted by molar-refractivity contribution is -0.115. The van der Waals surface area contributed by atoms with E-state index >= 15 is 0 Å². The minimum Gasteiger partial charge on any atom is -0.496 e. The molecule has 1 aliphatic heterocycles. The van der Waals surface area contributed by atoms with Gasteiger partial charge in [0.2, 0.25) is 5.91 Å². The topological polar surface area (TPSA) is 65.4 Å². The van der Waals surface area contributed by atoms with E-state index in [1.54, 1.807) is 14.0 Å². The molecule has 29 heavy (non-hydrogen) atoms. The quantitative estimate of drug-likeness (QED) is 0.691. The first-order valence-corrected chi connectivity index (χ1v) is 9.33. The maximum Gasteiger partial charge on any atom is 0.236 e. The lowest BCUT2D eigenvalue weighted by Crippen LogP contribution is -2.10. The lowest BCUT2D eigenvalue weighted by atomic mass is 10.1. The number of fused-ring (bicyclic) bond motifs is 2. The van der Waals surface area contributed by atoms with Gasteiger partial charge in [-0.25, -0.2) is 0 Å². The second kappa shape index (κ2) is 8.11. The van der Waals surface area contributed by atoms with Crippen molar-refractivity contribution in [2.24, 2.45) is 0 Å². The van der Waals surface area contributed by atoms with Gasteiger partial charge >= 0.3 is 0 Å². The van der Waals surface area contributed by atoms with Gasteiger partial charge in [-0.1, -0.05) is 24.1 Å². The van der Waals surface area contributed by atoms with Crippen LogP contribution in [-0.4, -0.2) is 22.8 Å². The zero-order valence-electron chi connectivity index (χ0n) is 16.4. The molecule has 0 bridgehead atoms. The van der Waals surface area contributed by atoms with Gasteiger partial charge in [0.1, 0.15) is 18.1 Å². The molecule has 0 saturated carbocycles. The highest BCUT2D eigenvalue weighted by molar-refractivity contribution is 5.92.